The summed E-state index contributed by atoms with van der Waals surface area (Å²) in [5.74, 6) is 0.622. The molecule has 0 fully saturated rings. The van der Waals surface area contributed by atoms with Gasteiger partial charge in [0.15, 0.2) is 11.7 Å². The molecule has 3 rings (SSSR count). The second-order valence-corrected chi connectivity index (χ2v) is 7.55. The Balaban J connectivity index is 1.88. The molecule has 0 saturated heterocycles. The number of hydrogen-bond acceptors (Lipinski definition) is 5. The lowest BCUT2D eigenvalue weighted by Crippen LogP contribution is -2.35. The number of amides is 2. The third kappa shape index (κ3) is 3.44. The number of thiazole rings is 1. The molecule has 2 heterocycles. The van der Waals surface area contributed by atoms with Gasteiger partial charge in [-0.15, -0.1) is 11.3 Å². The van der Waals surface area contributed by atoms with Crippen molar-refractivity contribution in [2.75, 3.05) is 23.9 Å². The zero-order valence-electron chi connectivity index (χ0n) is 15.5. The van der Waals surface area contributed by atoms with Gasteiger partial charge in [0.2, 0.25) is 5.91 Å². The Labute approximate surface area is 157 Å². The smallest absolute Gasteiger partial charge is 0.264 e. The number of benzene rings is 1. The molecule has 26 heavy (non-hydrogen) atoms. The lowest BCUT2D eigenvalue weighted by atomic mass is 10.0. The van der Waals surface area contributed by atoms with E-state index in [-0.39, 0.29) is 24.3 Å². The first-order valence-electron chi connectivity index (χ1n) is 8.76. The molecule has 7 heteroatoms. The van der Waals surface area contributed by atoms with Gasteiger partial charge in [-0.25, -0.2) is 4.98 Å². The molecule has 0 bridgehead atoms. The Morgan fingerprint density at radius 2 is 2.12 bits per heavy atom. The molecule has 0 atom stereocenters. The summed E-state index contributed by atoms with van der Waals surface area (Å²) in [5, 5.41) is 3.54. The van der Waals surface area contributed by atoms with Crippen molar-refractivity contribution in [2.45, 2.75) is 33.6 Å². The van der Waals surface area contributed by atoms with Crippen LogP contribution in [-0.4, -0.2) is 30.5 Å². The zero-order chi connectivity index (χ0) is 18.8. The largest absolute Gasteiger partial charge is 0.482 e. The molecule has 1 aromatic carbocycles. The SMILES string of the molecule is CCC(CC)C(=O)Nc1nc(-c2ccc3c(c2)N(C)C(=O)CO3)c(C)s1. The second-order valence-electron chi connectivity index (χ2n) is 6.35. The number of hydrogen-bond donors (Lipinski definition) is 1. The van der Waals surface area contributed by atoms with Crippen molar-refractivity contribution in [1.29, 1.82) is 0 Å². The normalized spacial score (nSPS) is 13.6. The fourth-order valence-corrected chi connectivity index (χ4v) is 3.84. The molecule has 0 unspecified atom stereocenters. The number of anilines is 2. The molecule has 138 valence electrons. The summed E-state index contributed by atoms with van der Waals surface area (Å²) in [6.07, 6.45) is 1.62. The summed E-state index contributed by atoms with van der Waals surface area (Å²) >= 11 is 1.46. The molecule has 6 nitrogen and oxygen atoms in total. The number of fused-ring (bicyclic) bond motifs is 1. The minimum atomic E-state index is -0.0808. The first-order chi connectivity index (χ1) is 12.4. The quantitative estimate of drug-likeness (QED) is 0.864. The van der Waals surface area contributed by atoms with Gasteiger partial charge in [0.1, 0.15) is 5.75 Å². The van der Waals surface area contributed by atoms with Crippen LogP contribution in [-0.2, 0) is 9.59 Å². The Morgan fingerprint density at radius 3 is 2.81 bits per heavy atom. The standard InChI is InChI=1S/C19H23N3O3S/c1-5-12(6-2)18(24)21-19-20-17(11(3)26-19)13-7-8-15-14(9-13)22(4)16(23)10-25-15/h7-9,12H,5-6,10H2,1-4H3,(H,20,21,24). The number of ether oxygens (including phenoxy) is 1. The van der Waals surface area contributed by atoms with Crippen molar-refractivity contribution in [2.24, 2.45) is 5.92 Å². The van der Waals surface area contributed by atoms with Crippen molar-refractivity contribution < 1.29 is 14.3 Å². The highest BCUT2D eigenvalue weighted by molar-refractivity contribution is 7.16. The van der Waals surface area contributed by atoms with Crippen LogP contribution in [0.2, 0.25) is 0 Å². The predicted octanol–water partition coefficient (Wildman–Crippen LogP) is 3.85. The van der Waals surface area contributed by atoms with Crippen LogP contribution in [0.15, 0.2) is 18.2 Å². The number of carbonyl (C=O) groups is 2. The molecule has 0 radical (unpaired) electrons. The lowest BCUT2D eigenvalue weighted by Gasteiger charge is -2.26. The highest BCUT2D eigenvalue weighted by Crippen LogP contribution is 2.37. The maximum Gasteiger partial charge on any atom is 0.264 e. The first-order valence-corrected chi connectivity index (χ1v) is 9.58. The van der Waals surface area contributed by atoms with Gasteiger partial charge < -0.3 is 15.0 Å². The van der Waals surface area contributed by atoms with E-state index in [9.17, 15) is 9.59 Å². The van der Waals surface area contributed by atoms with Gasteiger partial charge in [0, 0.05) is 23.4 Å². The summed E-state index contributed by atoms with van der Waals surface area (Å²) in [5.41, 5.74) is 2.43. The van der Waals surface area contributed by atoms with Crippen molar-refractivity contribution in [3.05, 3.63) is 23.1 Å². The van der Waals surface area contributed by atoms with Crippen molar-refractivity contribution >= 4 is 34.0 Å². The molecule has 1 aliphatic rings. The first kappa shape index (κ1) is 18.4. The topological polar surface area (TPSA) is 71.5 Å². The van der Waals surface area contributed by atoms with Crippen molar-refractivity contribution in [3.63, 3.8) is 0 Å². The minimum Gasteiger partial charge on any atom is -0.482 e. The highest BCUT2D eigenvalue weighted by atomic mass is 32.1. The lowest BCUT2D eigenvalue weighted by molar-refractivity contribution is -0.121. The van der Waals surface area contributed by atoms with Crippen LogP contribution in [0.25, 0.3) is 11.3 Å². The van der Waals surface area contributed by atoms with E-state index in [1.54, 1.807) is 11.9 Å². The average Bonchev–Trinajstić information content (AvgIpc) is 2.99. The van der Waals surface area contributed by atoms with E-state index in [0.29, 0.717) is 10.9 Å². The van der Waals surface area contributed by atoms with Gasteiger partial charge in [-0.3, -0.25) is 9.59 Å². The van der Waals surface area contributed by atoms with Crippen LogP contribution < -0.4 is 15.0 Å². The number of aryl methyl sites for hydroxylation is 1. The maximum absolute atomic E-state index is 12.3. The summed E-state index contributed by atoms with van der Waals surface area (Å²) < 4.78 is 5.47. The Hall–Kier alpha value is -2.41. The van der Waals surface area contributed by atoms with Crippen LogP contribution in [0.3, 0.4) is 0 Å². The number of likely N-dealkylation sites (N-methyl/N-ethyl adjacent to an activating group) is 1. The van der Waals surface area contributed by atoms with Gasteiger partial charge >= 0.3 is 0 Å². The molecule has 2 amide bonds. The molecule has 0 saturated carbocycles. The molecule has 0 aliphatic carbocycles. The van der Waals surface area contributed by atoms with Gasteiger partial charge in [-0.05, 0) is 38.0 Å². The van der Waals surface area contributed by atoms with E-state index in [2.05, 4.69) is 10.3 Å². The van der Waals surface area contributed by atoms with Gasteiger partial charge in [0.25, 0.3) is 5.91 Å². The minimum absolute atomic E-state index is 0.00297. The molecule has 0 spiro atoms. The monoisotopic (exact) mass is 373 g/mol. The van der Waals surface area contributed by atoms with Crippen LogP contribution in [0.5, 0.6) is 5.75 Å². The van der Waals surface area contributed by atoms with Crippen molar-refractivity contribution in [3.8, 4) is 17.0 Å². The van der Waals surface area contributed by atoms with E-state index < -0.39 is 0 Å². The van der Waals surface area contributed by atoms with Gasteiger partial charge in [-0.1, -0.05) is 13.8 Å². The molecule has 1 aliphatic heterocycles. The van der Waals surface area contributed by atoms with Crippen molar-refractivity contribution in [1.82, 2.24) is 4.98 Å². The summed E-state index contributed by atoms with van der Waals surface area (Å²) in [6, 6.07) is 5.69. The average molecular weight is 373 g/mol. The van der Waals surface area contributed by atoms with E-state index in [1.807, 2.05) is 39.0 Å². The molecule has 1 aromatic heterocycles. The number of nitrogens with zero attached hydrogens (tertiary/aromatic N) is 2. The summed E-state index contributed by atoms with van der Waals surface area (Å²) in [6.45, 7) is 6.06. The van der Waals surface area contributed by atoms with E-state index in [1.165, 1.54) is 11.3 Å². The maximum atomic E-state index is 12.3. The highest BCUT2D eigenvalue weighted by Gasteiger charge is 2.24. The van der Waals surface area contributed by atoms with E-state index in [0.717, 1.165) is 34.7 Å². The van der Waals surface area contributed by atoms with Gasteiger partial charge in [0.05, 0.1) is 11.4 Å². The van der Waals surface area contributed by atoms with Crippen LogP contribution >= 0.6 is 11.3 Å². The van der Waals surface area contributed by atoms with E-state index in [4.69, 9.17) is 4.74 Å². The Morgan fingerprint density at radius 1 is 1.38 bits per heavy atom. The fourth-order valence-electron chi connectivity index (χ4n) is 3.00. The zero-order valence-corrected chi connectivity index (χ0v) is 16.3. The Kier molecular flexibility index (Phi) is 5.27. The third-order valence-corrected chi connectivity index (χ3v) is 5.59. The van der Waals surface area contributed by atoms with Gasteiger partial charge in [-0.2, -0.15) is 0 Å². The van der Waals surface area contributed by atoms with E-state index >= 15 is 0 Å². The number of rotatable bonds is 5. The second kappa shape index (κ2) is 7.45. The number of aromatic nitrogens is 1. The summed E-state index contributed by atoms with van der Waals surface area (Å²) in [7, 11) is 1.74. The fraction of sp³-hybridized carbons (Fsp3) is 0.421. The Bertz CT molecular complexity index is 843. The van der Waals surface area contributed by atoms with Crippen LogP contribution in [0.4, 0.5) is 10.8 Å². The molecular weight excluding hydrogens is 350 g/mol. The number of carbonyl (C=O) groups excluding carboxylic acids is 2. The summed E-state index contributed by atoms with van der Waals surface area (Å²) in [4.78, 5) is 31.4. The third-order valence-electron chi connectivity index (χ3n) is 4.70. The molecule has 1 N–H and O–H groups in total. The predicted molar refractivity (Wildman–Crippen MR) is 104 cm³/mol. The molecule has 2 aromatic rings. The van der Waals surface area contributed by atoms with Crippen LogP contribution in [0, 0.1) is 12.8 Å². The number of nitrogens with one attached hydrogen (secondary N) is 1. The molecular formula is C19H23N3O3S. The van der Waals surface area contributed by atoms with Crippen LogP contribution in [0.1, 0.15) is 31.6 Å².